The van der Waals surface area contributed by atoms with Crippen LogP contribution < -0.4 is 4.74 Å². The van der Waals surface area contributed by atoms with Crippen LogP contribution in [0.1, 0.15) is 56.7 Å². The van der Waals surface area contributed by atoms with Crippen molar-refractivity contribution in [1.29, 1.82) is 0 Å². The van der Waals surface area contributed by atoms with Gasteiger partial charge in [-0.3, -0.25) is 0 Å². The number of aryl methyl sites for hydroxylation is 3. The predicted octanol–water partition coefficient (Wildman–Crippen LogP) is 8.26. The summed E-state index contributed by atoms with van der Waals surface area (Å²) < 4.78 is 11.7. The topological polar surface area (TPSA) is 35.3 Å². The summed E-state index contributed by atoms with van der Waals surface area (Å²) in [7, 11) is 0. The first kappa shape index (κ1) is 26.0. The van der Waals surface area contributed by atoms with Gasteiger partial charge >= 0.3 is 0 Å². The molecule has 0 aliphatic heterocycles. The second kappa shape index (κ2) is 14.0. The van der Waals surface area contributed by atoms with Crippen LogP contribution in [0.3, 0.4) is 0 Å². The molecule has 0 spiro atoms. The van der Waals surface area contributed by atoms with Crippen LogP contribution in [0.4, 0.5) is 0 Å². The van der Waals surface area contributed by atoms with E-state index in [1.165, 1.54) is 5.56 Å². The van der Waals surface area contributed by atoms with E-state index in [2.05, 4.69) is 51.0 Å². The lowest BCUT2D eigenvalue weighted by atomic mass is 10.1. The highest BCUT2D eigenvalue weighted by Crippen LogP contribution is 2.24. The zero-order chi connectivity index (χ0) is 23.2. The molecule has 0 amide bonds. The molecular weight excluding hydrogens is 382 g/mol. The molecule has 1 heterocycles. The first-order valence-corrected chi connectivity index (χ1v) is 11.0. The van der Waals surface area contributed by atoms with E-state index in [0.29, 0.717) is 12.5 Å². The van der Waals surface area contributed by atoms with E-state index in [-0.39, 0.29) is 0 Å². The number of benzene rings is 2. The minimum atomic E-state index is 0.411. The fourth-order valence-electron chi connectivity index (χ4n) is 2.65. The zero-order valence-electron chi connectivity index (χ0n) is 20.0. The van der Waals surface area contributed by atoms with Gasteiger partial charge in [-0.15, -0.1) is 0 Å². The Balaban J connectivity index is 0.000000521. The molecule has 166 valence electrons. The summed E-state index contributed by atoms with van der Waals surface area (Å²) in [4.78, 5) is 4.57. The number of nitrogens with zero attached hydrogens (tertiary/aromatic N) is 1. The third-order valence-corrected chi connectivity index (χ3v) is 4.67. The van der Waals surface area contributed by atoms with Crippen LogP contribution in [0.5, 0.6) is 5.75 Å². The SMILES string of the molecule is C=CC(=C)CC.CC.CCc1ccc(OCc2nc(-c3ccccc3)oc2C)c(C)c1. The summed E-state index contributed by atoms with van der Waals surface area (Å²) in [6, 6.07) is 16.2. The Morgan fingerprint density at radius 1 is 1.06 bits per heavy atom. The average molecular weight is 420 g/mol. The Labute approximate surface area is 188 Å². The Hall–Kier alpha value is -3.07. The average Bonchev–Trinajstić information content (AvgIpc) is 3.20. The molecule has 2 aromatic carbocycles. The molecule has 3 aromatic rings. The van der Waals surface area contributed by atoms with Gasteiger partial charge in [-0.05, 0) is 56.0 Å². The molecule has 0 aliphatic carbocycles. The number of rotatable bonds is 7. The Bertz CT molecular complexity index is 939. The van der Waals surface area contributed by atoms with Gasteiger partial charge in [0.15, 0.2) is 0 Å². The van der Waals surface area contributed by atoms with Crippen LogP contribution in [0.2, 0.25) is 0 Å². The summed E-state index contributed by atoms with van der Waals surface area (Å²) in [5.41, 5.74) is 5.38. The Morgan fingerprint density at radius 3 is 2.26 bits per heavy atom. The molecule has 0 N–H and O–H groups in total. The Kier molecular flexibility index (Phi) is 11.7. The normalized spacial score (nSPS) is 9.61. The summed E-state index contributed by atoms with van der Waals surface area (Å²) in [5.74, 6) is 2.33. The first-order chi connectivity index (χ1) is 15.0. The van der Waals surface area contributed by atoms with Crippen LogP contribution in [-0.4, -0.2) is 4.98 Å². The third-order valence-electron chi connectivity index (χ3n) is 4.67. The number of oxazole rings is 1. The number of allylic oxidation sites excluding steroid dienone is 2. The molecule has 0 bridgehead atoms. The van der Waals surface area contributed by atoms with Crippen molar-refractivity contribution in [1.82, 2.24) is 4.98 Å². The van der Waals surface area contributed by atoms with E-state index < -0.39 is 0 Å². The molecule has 3 rings (SSSR count). The Morgan fingerprint density at radius 2 is 1.74 bits per heavy atom. The van der Waals surface area contributed by atoms with Gasteiger partial charge in [-0.2, -0.15) is 0 Å². The summed E-state index contributed by atoms with van der Waals surface area (Å²) in [6.45, 7) is 19.8. The van der Waals surface area contributed by atoms with Crippen molar-refractivity contribution in [2.45, 2.75) is 61.0 Å². The van der Waals surface area contributed by atoms with Gasteiger partial charge in [0.25, 0.3) is 0 Å². The van der Waals surface area contributed by atoms with Crippen molar-refractivity contribution in [2.75, 3.05) is 0 Å². The van der Waals surface area contributed by atoms with Gasteiger partial charge in [0, 0.05) is 5.56 Å². The maximum Gasteiger partial charge on any atom is 0.226 e. The van der Waals surface area contributed by atoms with Gasteiger partial charge < -0.3 is 9.15 Å². The van der Waals surface area contributed by atoms with E-state index in [9.17, 15) is 0 Å². The number of ether oxygens (including phenoxy) is 1. The molecule has 0 fully saturated rings. The predicted molar refractivity (Wildman–Crippen MR) is 133 cm³/mol. The highest BCUT2D eigenvalue weighted by Gasteiger charge is 2.12. The molecule has 31 heavy (non-hydrogen) atoms. The van der Waals surface area contributed by atoms with E-state index in [1.54, 1.807) is 6.08 Å². The van der Waals surface area contributed by atoms with Gasteiger partial charge in [0.2, 0.25) is 5.89 Å². The molecule has 0 saturated carbocycles. The monoisotopic (exact) mass is 419 g/mol. The molecule has 3 heteroatoms. The summed E-state index contributed by atoms with van der Waals surface area (Å²) >= 11 is 0. The van der Waals surface area contributed by atoms with Crippen LogP contribution in [-0.2, 0) is 13.0 Å². The van der Waals surface area contributed by atoms with Crippen LogP contribution in [0.25, 0.3) is 11.5 Å². The first-order valence-electron chi connectivity index (χ1n) is 11.0. The molecule has 0 aliphatic rings. The van der Waals surface area contributed by atoms with E-state index in [4.69, 9.17) is 9.15 Å². The third kappa shape index (κ3) is 8.29. The number of hydrogen-bond donors (Lipinski definition) is 0. The second-order valence-electron chi connectivity index (χ2n) is 6.85. The second-order valence-corrected chi connectivity index (χ2v) is 6.85. The van der Waals surface area contributed by atoms with Gasteiger partial charge in [-0.1, -0.05) is 82.8 Å². The van der Waals surface area contributed by atoms with Crippen LogP contribution in [0, 0.1) is 13.8 Å². The van der Waals surface area contributed by atoms with Gasteiger partial charge in [0.1, 0.15) is 23.8 Å². The van der Waals surface area contributed by atoms with Crippen molar-refractivity contribution in [3.05, 3.63) is 95.9 Å². The lowest BCUT2D eigenvalue weighted by molar-refractivity contribution is 0.297. The van der Waals surface area contributed by atoms with Crippen molar-refractivity contribution in [3.63, 3.8) is 0 Å². The zero-order valence-corrected chi connectivity index (χ0v) is 20.0. The van der Waals surface area contributed by atoms with Crippen LogP contribution >= 0.6 is 0 Å². The minimum Gasteiger partial charge on any atom is -0.487 e. The summed E-state index contributed by atoms with van der Waals surface area (Å²) in [6.07, 6.45) is 3.83. The number of hydrogen-bond acceptors (Lipinski definition) is 3. The lowest BCUT2D eigenvalue weighted by Gasteiger charge is -2.09. The largest absolute Gasteiger partial charge is 0.487 e. The van der Waals surface area contributed by atoms with Crippen molar-refractivity contribution in [2.24, 2.45) is 0 Å². The van der Waals surface area contributed by atoms with Crippen molar-refractivity contribution >= 4 is 0 Å². The van der Waals surface area contributed by atoms with Crippen molar-refractivity contribution < 1.29 is 9.15 Å². The van der Waals surface area contributed by atoms with Crippen LogP contribution in [0.15, 0.2) is 77.8 Å². The fourth-order valence-corrected chi connectivity index (χ4v) is 2.65. The maximum absolute atomic E-state index is 5.93. The lowest BCUT2D eigenvalue weighted by Crippen LogP contribution is -1.99. The van der Waals surface area contributed by atoms with E-state index in [0.717, 1.165) is 46.7 Å². The molecule has 0 radical (unpaired) electrons. The standard InChI is InChI=1S/C20H21NO2.C6H10.C2H6/c1-4-16-10-11-19(14(2)12-16)22-13-18-15(3)23-20(21-18)17-8-6-5-7-9-17;1-4-6(3)5-2;1-2/h5-12H,4,13H2,1-3H3;4H,1,3,5H2,2H3;1-2H3. The molecule has 0 saturated heterocycles. The highest BCUT2D eigenvalue weighted by molar-refractivity contribution is 5.53. The molecule has 3 nitrogen and oxygen atoms in total. The number of aromatic nitrogens is 1. The van der Waals surface area contributed by atoms with E-state index in [1.807, 2.05) is 57.2 Å². The molecule has 0 unspecified atom stereocenters. The maximum atomic E-state index is 5.93. The molecule has 1 aromatic heterocycles. The van der Waals surface area contributed by atoms with E-state index >= 15 is 0 Å². The fraction of sp³-hybridized carbons (Fsp3) is 0.321. The molecular formula is C28H37NO2. The minimum absolute atomic E-state index is 0.411. The van der Waals surface area contributed by atoms with Crippen molar-refractivity contribution in [3.8, 4) is 17.2 Å². The smallest absolute Gasteiger partial charge is 0.226 e. The summed E-state index contributed by atoms with van der Waals surface area (Å²) in [5, 5.41) is 0. The van der Waals surface area contributed by atoms with Gasteiger partial charge in [-0.25, -0.2) is 4.98 Å². The molecule has 0 atom stereocenters. The quantitative estimate of drug-likeness (QED) is 0.361. The highest BCUT2D eigenvalue weighted by atomic mass is 16.5. The van der Waals surface area contributed by atoms with Gasteiger partial charge in [0.05, 0.1) is 0 Å².